The minimum Gasteiger partial charge on any atom is -0.462 e. The van der Waals surface area contributed by atoms with Gasteiger partial charge in [-0.3, -0.25) is 4.79 Å². The number of ether oxygens (including phenoxy) is 1. The molecular weight excluding hydrogens is 477 g/mol. The Kier molecular flexibility index (Phi) is 7.16. The first kappa shape index (κ1) is 24.6. The number of carbonyl (C=O) groups excluding carboxylic acids is 3. The van der Waals surface area contributed by atoms with Gasteiger partial charge < -0.3 is 26.1 Å². The number of carbonyl (C=O) groups is 3. The number of amides is 3. The fourth-order valence-corrected chi connectivity index (χ4v) is 3.35. The van der Waals surface area contributed by atoms with Crippen molar-refractivity contribution >= 4 is 40.9 Å². The van der Waals surface area contributed by atoms with Gasteiger partial charge in [0.1, 0.15) is 5.69 Å². The lowest BCUT2D eigenvalue weighted by atomic mass is 10.0. The van der Waals surface area contributed by atoms with Crippen LogP contribution in [0, 0.1) is 0 Å². The quantitative estimate of drug-likeness (QED) is 0.348. The van der Waals surface area contributed by atoms with Gasteiger partial charge in [-0.1, -0.05) is 23.7 Å². The van der Waals surface area contributed by atoms with E-state index in [2.05, 4.69) is 15.6 Å². The van der Waals surface area contributed by atoms with Crippen LogP contribution < -0.4 is 16.4 Å². The molecule has 0 spiro atoms. The summed E-state index contributed by atoms with van der Waals surface area (Å²) in [6.07, 6.45) is -3.36. The standard InChI is InChI=1S/C22H18ClF3N4O4/c1-2-34-20(32)14-10-28-18(19(27)31)17(14)11-3-5-12(6-4-11)29-21(33)30-13-7-8-16(23)15(9-13)22(24,25)26/h3-10,28H,2H2,1H3,(H2,27,31)(H2,29,30,33). The minimum absolute atomic E-state index is 0.00436. The Morgan fingerprint density at radius 2 is 1.68 bits per heavy atom. The van der Waals surface area contributed by atoms with Crippen LogP contribution >= 0.6 is 11.6 Å². The molecule has 0 unspecified atom stereocenters. The summed E-state index contributed by atoms with van der Waals surface area (Å²) in [5, 5.41) is 4.28. The van der Waals surface area contributed by atoms with Crippen molar-refractivity contribution < 1.29 is 32.3 Å². The molecule has 0 radical (unpaired) electrons. The van der Waals surface area contributed by atoms with Crippen LogP contribution in [-0.2, 0) is 10.9 Å². The summed E-state index contributed by atoms with van der Waals surface area (Å²) in [5.41, 5.74) is 5.29. The van der Waals surface area contributed by atoms with Crippen molar-refractivity contribution in [2.24, 2.45) is 5.73 Å². The molecular formula is C22H18ClF3N4O4. The van der Waals surface area contributed by atoms with E-state index in [0.717, 1.165) is 12.1 Å². The summed E-state index contributed by atoms with van der Waals surface area (Å²) in [7, 11) is 0. The van der Waals surface area contributed by atoms with Crippen molar-refractivity contribution in [3.63, 3.8) is 0 Å². The number of nitrogens with one attached hydrogen (secondary N) is 3. The van der Waals surface area contributed by atoms with E-state index in [4.69, 9.17) is 22.1 Å². The van der Waals surface area contributed by atoms with Crippen molar-refractivity contribution in [2.75, 3.05) is 17.2 Å². The predicted octanol–water partition coefficient (Wildman–Crippen LogP) is 5.27. The summed E-state index contributed by atoms with van der Waals surface area (Å²) in [6.45, 7) is 1.77. The molecule has 3 rings (SSSR count). The largest absolute Gasteiger partial charge is 0.462 e. The third-order valence-electron chi connectivity index (χ3n) is 4.58. The maximum Gasteiger partial charge on any atom is 0.417 e. The number of alkyl halides is 3. The highest BCUT2D eigenvalue weighted by atomic mass is 35.5. The fraction of sp³-hybridized carbons (Fsp3) is 0.136. The molecule has 178 valence electrons. The van der Waals surface area contributed by atoms with Gasteiger partial charge in [0.05, 0.1) is 22.8 Å². The van der Waals surface area contributed by atoms with Crippen molar-refractivity contribution in [3.8, 4) is 11.1 Å². The molecule has 0 bridgehead atoms. The van der Waals surface area contributed by atoms with Gasteiger partial charge in [0.25, 0.3) is 5.91 Å². The lowest BCUT2D eigenvalue weighted by Crippen LogP contribution is -2.20. The molecule has 0 atom stereocenters. The Labute approximate surface area is 196 Å². The number of nitrogens with two attached hydrogens (primary N) is 1. The number of urea groups is 1. The second-order valence-corrected chi connectivity index (χ2v) is 7.29. The zero-order chi connectivity index (χ0) is 25.0. The maximum atomic E-state index is 13.0. The first-order valence-corrected chi connectivity index (χ1v) is 10.1. The monoisotopic (exact) mass is 494 g/mol. The van der Waals surface area contributed by atoms with Crippen molar-refractivity contribution in [1.29, 1.82) is 0 Å². The van der Waals surface area contributed by atoms with Gasteiger partial charge >= 0.3 is 18.2 Å². The zero-order valence-electron chi connectivity index (χ0n) is 17.5. The lowest BCUT2D eigenvalue weighted by molar-refractivity contribution is -0.137. The number of esters is 1. The summed E-state index contributed by atoms with van der Waals surface area (Å²) in [6, 6.07) is 8.19. The van der Waals surface area contributed by atoms with Crippen LogP contribution in [0.2, 0.25) is 5.02 Å². The molecule has 0 aliphatic heterocycles. The average molecular weight is 495 g/mol. The second kappa shape index (κ2) is 9.87. The van der Waals surface area contributed by atoms with Gasteiger partial charge in [0, 0.05) is 23.1 Å². The molecule has 0 fully saturated rings. The van der Waals surface area contributed by atoms with Crippen LogP contribution in [0.15, 0.2) is 48.7 Å². The highest BCUT2D eigenvalue weighted by molar-refractivity contribution is 6.31. The molecule has 8 nitrogen and oxygen atoms in total. The molecule has 3 aromatic rings. The van der Waals surface area contributed by atoms with E-state index in [1.807, 2.05) is 0 Å². The summed E-state index contributed by atoms with van der Waals surface area (Å²) >= 11 is 5.57. The summed E-state index contributed by atoms with van der Waals surface area (Å²) in [4.78, 5) is 38.9. The van der Waals surface area contributed by atoms with E-state index in [1.165, 1.54) is 36.5 Å². The summed E-state index contributed by atoms with van der Waals surface area (Å²) < 4.78 is 44.0. The summed E-state index contributed by atoms with van der Waals surface area (Å²) in [5.74, 6) is -1.43. The van der Waals surface area contributed by atoms with E-state index >= 15 is 0 Å². The number of halogens is 4. The molecule has 34 heavy (non-hydrogen) atoms. The van der Waals surface area contributed by atoms with Crippen molar-refractivity contribution in [3.05, 3.63) is 70.5 Å². The molecule has 3 amide bonds. The zero-order valence-corrected chi connectivity index (χ0v) is 18.3. The molecule has 0 aliphatic carbocycles. The Morgan fingerprint density at radius 3 is 2.26 bits per heavy atom. The van der Waals surface area contributed by atoms with Crippen LogP contribution in [0.5, 0.6) is 0 Å². The van der Waals surface area contributed by atoms with Crippen LogP contribution in [0.1, 0.15) is 33.3 Å². The molecule has 0 saturated carbocycles. The molecule has 5 N–H and O–H groups in total. The van der Waals surface area contributed by atoms with E-state index in [1.54, 1.807) is 6.92 Å². The van der Waals surface area contributed by atoms with E-state index < -0.39 is 34.7 Å². The SMILES string of the molecule is CCOC(=O)c1c[nH]c(C(N)=O)c1-c1ccc(NC(=O)Nc2ccc(Cl)c(C(F)(F)F)c2)cc1. The van der Waals surface area contributed by atoms with Crippen LogP contribution in [-0.4, -0.2) is 29.5 Å². The number of hydrogen-bond donors (Lipinski definition) is 4. The average Bonchev–Trinajstić information content (AvgIpc) is 3.21. The third-order valence-corrected chi connectivity index (χ3v) is 4.91. The van der Waals surface area contributed by atoms with Crippen molar-refractivity contribution in [2.45, 2.75) is 13.1 Å². The number of anilines is 2. The maximum absolute atomic E-state index is 13.0. The van der Waals surface area contributed by atoms with Gasteiger partial charge in [-0.05, 0) is 42.8 Å². The van der Waals surface area contributed by atoms with Crippen LogP contribution in [0.3, 0.4) is 0 Å². The Bertz CT molecular complexity index is 1240. The molecule has 0 saturated heterocycles. The van der Waals surface area contributed by atoms with Crippen LogP contribution in [0.4, 0.5) is 29.3 Å². The molecule has 2 aromatic carbocycles. The predicted molar refractivity (Wildman–Crippen MR) is 120 cm³/mol. The third kappa shape index (κ3) is 5.49. The van der Waals surface area contributed by atoms with Gasteiger partial charge in [0.15, 0.2) is 0 Å². The second-order valence-electron chi connectivity index (χ2n) is 6.89. The van der Waals surface area contributed by atoms with Gasteiger partial charge in [-0.15, -0.1) is 0 Å². The minimum atomic E-state index is -4.68. The first-order chi connectivity index (χ1) is 16.0. The highest BCUT2D eigenvalue weighted by Gasteiger charge is 2.33. The molecule has 1 aromatic heterocycles. The highest BCUT2D eigenvalue weighted by Crippen LogP contribution is 2.36. The number of aromatic amines is 1. The molecule has 12 heteroatoms. The van der Waals surface area contributed by atoms with E-state index in [9.17, 15) is 27.6 Å². The Morgan fingerprint density at radius 1 is 1.06 bits per heavy atom. The number of benzene rings is 2. The number of aromatic nitrogens is 1. The fourth-order valence-electron chi connectivity index (χ4n) is 3.12. The Balaban J connectivity index is 1.79. The number of H-pyrrole nitrogens is 1. The van der Waals surface area contributed by atoms with Gasteiger partial charge in [-0.2, -0.15) is 13.2 Å². The smallest absolute Gasteiger partial charge is 0.417 e. The Hall–Kier alpha value is -3.99. The number of hydrogen-bond acceptors (Lipinski definition) is 4. The first-order valence-electron chi connectivity index (χ1n) is 9.74. The topological polar surface area (TPSA) is 126 Å². The van der Waals surface area contributed by atoms with Gasteiger partial charge in [-0.25, -0.2) is 9.59 Å². The number of rotatable bonds is 6. The lowest BCUT2D eigenvalue weighted by Gasteiger charge is -2.12. The van der Waals surface area contributed by atoms with Gasteiger partial charge in [0.2, 0.25) is 0 Å². The van der Waals surface area contributed by atoms with Crippen molar-refractivity contribution in [1.82, 2.24) is 4.98 Å². The molecule has 0 aliphatic rings. The van der Waals surface area contributed by atoms with E-state index in [-0.39, 0.29) is 29.1 Å². The van der Waals surface area contributed by atoms with Crippen LogP contribution in [0.25, 0.3) is 11.1 Å². The van der Waals surface area contributed by atoms with E-state index in [0.29, 0.717) is 11.3 Å². The normalized spacial score (nSPS) is 11.1. The molecule has 1 heterocycles. The number of primary amides is 1.